The molecule has 0 bridgehead atoms. The van der Waals surface area contributed by atoms with Crippen LogP contribution in [-0.4, -0.2) is 59.7 Å². The number of likely N-dealkylation sites (tertiary alicyclic amines) is 1. The number of hydrogen-bond acceptors (Lipinski definition) is 7. The molecule has 2 amide bonds. The predicted octanol–water partition coefficient (Wildman–Crippen LogP) is 1.36. The SMILES string of the molecule is CC(C)(C)/C=C(\C#N)C(=O)N1CC[C@H](OC(=O)N[C@@H](Cc2ccccc2)OB(O)O)C1. The van der Waals surface area contributed by atoms with Gasteiger partial charge in [-0.25, -0.2) is 4.79 Å². The zero-order valence-electron chi connectivity index (χ0n) is 17.9. The second kappa shape index (κ2) is 11.0. The van der Waals surface area contributed by atoms with E-state index in [1.54, 1.807) is 6.08 Å². The number of carbonyl (C=O) groups excluding carboxylic acids is 2. The van der Waals surface area contributed by atoms with Crippen molar-refractivity contribution in [2.45, 2.75) is 45.9 Å². The number of nitrogens with one attached hydrogen (secondary N) is 1. The van der Waals surface area contributed by atoms with Crippen molar-refractivity contribution < 1.29 is 29.0 Å². The number of nitrogens with zero attached hydrogens (tertiary/aromatic N) is 2. The number of nitriles is 1. The molecule has 0 aromatic heterocycles. The van der Waals surface area contributed by atoms with E-state index in [0.29, 0.717) is 13.0 Å². The molecule has 1 aliphatic heterocycles. The topological polar surface area (TPSA) is 132 Å². The molecule has 1 saturated heterocycles. The average molecular weight is 429 g/mol. The lowest BCUT2D eigenvalue weighted by Crippen LogP contribution is -2.44. The summed E-state index contributed by atoms with van der Waals surface area (Å²) < 4.78 is 10.3. The Hall–Kier alpha value is -2.87. The molecule has 0 aliphatic carbocycles. The van der Waals surface area contributed by atoms with Crippen molar-refractivity contribution in [3.8, 4) is 6.07 Å². The van der Waals surface area contributed by atoms with Crippen LogP contribution in [0.1, 0.15) is 32.8 Å². The van der Waals surface area contributed by atoms with Crippen LogP contribution >= 0.6 is 0 Å². The summed E-state index contributed by atoms with van der Waals surface area (Å²) >= 11 is 0. The lowest BCUT2D eigenvalue weighted by Gasteiger charge is -2.21. The average Bonchev–Trinajstić information content (AvgIpc) is 3.13. The molecular weight excluding hydrogens is 401 g/mol. The van der Waals surface area contributed by atoms with E-state index in [1.165, 1.54) is 4.90 Å². The van der Waals surface area contributed by atoms with Crippen LogP contribution in [0.15, 0.2) is 42.0 Å². The van der Waals surface area contributed by atoms with E-state index < -0.39 is 31.7 Å². The van der Waals surface area contributed by atoms with Crippen molar-refractivity contribution in [2.75, 3.05) is 13.1 Å². The molecule has 1 heterocycles. The number of ether oxygens (including phenoxy) is 1. The summed E-state index contributed by atoms with van der Waals surface area (Å²) in [5.41, 5.74) is 0.563. The van der Waals surface area contributed by atoms with Crippen LogP contribution in [-0.2, 0) is 20.6 Å². The van der Waals surface area contributed by atoms with Crippen LogP contribution in [0.3, 0.4) is 0 Å². The fourth-order valence-corrected chi connectivity index (χ4v) is 3.18. The third-order valence-electron chi connectivity index (χ3n) is 4.46. The van der Waals surface area contributed by atoms with Gasteiger partial charge in [0, 0.05) is 19.4 Å². The Kier molecular flexibility index (Phi) is 8.62. The Morgan fingerprint density at radius 2 is 2.03 bits per heavy atom. The number of amides is 2. The van der Waals surface area contributed by atoms with E-state index in [2.05, 4.69) is 5.32 Å². The largest absolute Gasteiger partial charge is 0.635 e. The molecule has 3 N–H and O–H groups in total. The quantitative estimate of drug-likeness (QED) is 0.258. The molecule has 1 aromatic carbocycles. The van der Waals surface area contributed by atoms with E-state index in [4.69, 9.17) is 19.4 Å². The van der Waals surface area contributed by atoms with Gasteiger partial charge in [0.2, 0.25) is 0 Å². The van der Waals surface area contributed by atoms with E-state index in [0.717, 1.165) is 5.56 Å². The van der Waals surface area contributed by atoms with Crippen molar-refractivity contribution in [1.29, 1.82) is 5.26 Å². The highest BCUT2D eigenvalue weighted by atomic mass is 16.6. The van der Waals surface area contributed by atoms with Gasteiger partial charge in [0.15, 0.2) is 0 Å². The highest BCUT2D eigenvalue weighted by Crippen LogP contribution is 2.21. The van der Waals surface area contributed by atoms with Gasteiger partial charge in [-0.1, -0.05) is 57.2 Å². The molecule has 0 radical (unpaired) electrons. The molecule has 9 nitrogen and oxygen atoms in total. The van der Waals surface area contributed by atoms with Crippen molar-refractivity contribution in [3.05, 3.63) is 47.5 Å². The fraction of sp³-hybridized carbons (Fsp3) is 0.476. The van der Waals surface area contributed by atoms with Crippen LogP contribution in [0.25, 0.3) is 0 Å². The van der Waals surface area contributed by atoms with Gasteiger partial charge in [-0.05, 0) is 11.0 Å². The van der Waals surface area contributed by atoms with E-state index in [1.807, 2.05) is 57.2 Å². The van der Waals surface area contributed by atoms with Gasteiger partial charge in [0.25, 0.3) is 5.91 Å². The number of rotatable bonds is 7. The van der Waals surface area contributed by atoms with Gasteiger partial charge >= 0.3 is 13.4 Å². The molecule has 10 heteroatoms. The molecule has 0 spiro atoms. The number of carbonyl (C=O) groups is 2. The third-order valence-corrected chi connectivity index (χ3v) is 4.46. The normalized spacial score (nSPS) is 17.6. The van der Waals surface area contributed by atoms with Gasteiger partial charge in [-0.2, -0.15) is 5.26 Å². The molecule has 0 saturated carbocycles. The molecule has 2 rings (SSSR count). The first-order valence-electron chi connectivity index (χ1n) is 10.0. The molecule has 1 aliphatic rings. The lowest BCUT2D eigenvalue weighted by molar-refractivity contribution is -0.126. The number of allylic oxidation sites excluding steroid dienone is 1. The Labute approximate surface area is 182 Å². The minimum Gasteiger partial charge on any atom is -0.444 e. The van der Waals surface area contributed by atoms with Crippen molar-refractivity contribution in [1.82, 2.24) is 10.2 Å². The van der Waals surface area contributed by atoms with Crippen molar-refractivity contribution in [3.63, 3.8) is 0 Å². The lowest BCUT2D eigenvalue weighted by atomic mass is 9.93. The molecule has 1 aromatic rings. The maximum Gasteiger partial charge on any atom is 0.635 e. The summed E-state index contributed by atoms with van der Waals surface area (Å²) in [5, 5.41) is 30.0. The molecular formula is C21H28BN3O6. The minimum absolute atomic E-state index is 0.0610. The van der Waals surface area contributed by atoms with Crippen LogP contribution in [0.5, 0.6) is 0 Å². The first-order chi connectivity index (χ1) is 14.6. The summed E-state index contributed by atoms with van der Waals surface area (Å²) in [6.45, 7) is 6.22. The molecule has 2 atom stereocenters. The van der Waals surface area contributed by atoms with Crippen LogP contribution < -0.4 is 5.32 Å². The first kappa shape index (κ1) is 24.4. The highest BCUT2D eigenvalue weighted by molar-refractivity contribution is 6.32. The minimum atomic E-state index is -2.06. The number of alkyl carbamates (subject to hydrolysis) is 1. The monoisotopic (exact) mass is 429 g/mol. The Morgan fingerprint density at radius 3 is 2.61 bits per heavy atom. The Balaban J connectivity index is 1.92. The summed E-state index contributed by atoms with van der Waals surface area (Å²) in [4.78, 5) is 26.4. The van der Waals surface area contributed by atoms with E-state index in [-0.39, 0.29) is 24.0 Å². The summed E-state index contributed by atoms with van der Waals surface area (Å²) in [6.07, 6.45) is -0.107. The second-order valence-corrected chi connectivity index (χ2v) is 8.39. The maximum absolute atomic E-state index is 12.6. The Morgan fingerprint density at radius 1 is 1.35 bits per heavy atom. The van der Waals surface area contributed by atoms with Crippen molar-refractivity contribution >= 4 is 19.3 Å². The predicted molar refractivity (Wildman–Crippen MR) is 113 cm³/mol. The second-order valence-electron chi connectivity index (χ2n) is 8.39. The summed E-state index contributed by atoms with van der Waals surface area (Å²) in [6, 6.07) is 11.0. The van der Waals surface area contributed by atoms with Gasteiger partial charge in [0.05, 0.1) is 6.54 Å². The van der Waals surface area contributed by atoms with E-state index in [9.17, 15) is 14.9 Å². The Bertz CT molecular complexity index is 832. The van der Waals surface area contributed by atoms with Gasteiger partial charge in [-0.3, -0.25) is 10.1 Å². The van der Waals surface area contributed by atoms with Crippen LogP contribution in [0.4, 0.5) is 4.79 Å². The third kappa shape index (κ3) is 8.42. The fourth-order valence-electron chi connectivity index (χ4n) is 3.18. The summed E-state index contributed by atoms with van der Waals surface area (Å²) in [5.74, 6) is -0.391. The zero-order chi connectivity index (χ0) is 23.0. The standard InChI is InChI=1S/C21H28BN3O6/c1-21(2,3)12-16(13-23)19(26)25-10-9-17(14-25)30-20(27)24-18(31-22(28)29)11-15-7-5-4-6-8-15/h4-8,12,17-18,28-29H,9-11,14H2,1-3H3,(H,24,27)/b16-12+/t17-,18+/m0/s1. The van der Waals surface area contributed by atoms with Gasteiger partial charge in [-0.15, -0.1) is 0 Å². The molecule has 0 unspecified atom stereocenters. The zero-order valence-corrected chi connectivity index (χ0v) is 17.9. The highest BCUT2D eigenvalue weighted by Gasteiger charge is 2.32. The van der Waals surface area contributed by atoms with E-state index >= 15 is 0 Å². The van der Waals surface area contributed by atoms with Gasteiger partial charge < -0.3 is 24.3 Å². The smallest absolute Gasteiger partial charge is 0.444 e. The van der Waals surface area contributed by atoms with Gasteiger partial charge in [0.1, 0.15) is 24.0 Å². The molecule has 166 valence electrons. The first-order valence-corrected chi connectivity index (χ1v) is 10.0. The molecule has 1 fully saturated rings. The summed E-state index contributed by atoms with van der Waals surface area (Å²) in [7, 11) is -2.06. The van der Waals surface area contributed by atoms with Crippen molar-refractivity contribution in [2.24, 2.45) is 5.41 Å². The number of benzene rings is 1. The number of hydrogen-bond donors (Lipinski definition) is 3. The molecule has 31 heavy (non-hydrogen) atoms. The van der Waals surface area contributed by atoms with Crippen LogP contribution in [0.2, 0.25) is 0 Å². The maximum atomic E-state index is 12.6. The van der Waals surface area contributed by atoms with Crippen LogP contribution in [0, 0.1) is 16.7 Å².